The first-order valence-corrected chi connectivity index (χ1v) is 24.3. The third-order valence-corrected chi connectivity index (χ3v) is 14.5. The Kier molecular flexibility index (Phi) is 10.1. The summed E-state index contributed by atoms with van der Waals surface area (Å²) in [5.74, 6) is 0. The van der Waals surface area contributed by atoms with Crippen LogP contribution in [0.4, 0.5) is 17.1 Å². The molecule has 328 valence electrons. The van der Waals surface area contributed by atoms with Gasteiger partial charge in [0.05, 0.1) is 11.1 Å². The molecule has 13 rings (SSSR count). The molecular weight excluding hydrogens is 843 g/mol. The minimum atomic E-state index is -0.564. The van der Waals surface area contributed by atoms with Crippen LogP contribution in [0.1, 0.15) is 22.3 Å². The summed E-state index contributed by atoms with van der Waals surface area (Å²) in [6.07, 6.45) is 0. The van der Waals surface area contributed by atoms with Gasteiger partial charge < -0.3 is 4.90 Å². The van der Waals surface area contributed by atoms with Crippen molar-refractivity contribution in [2.75, 3.05) is 4.90 Å². The molecule has 0 fully saturated rings. The van der Waals surface area contributed by atoms with Crippen molar-refractivity contribution in [1.29, 1.82) is 0 Å². The standard InChI is InChI=1S/C69H47N/c1-5-22-48(23-6-1)52-42-45-57(49-24-7-2-8-25-49)64(46-52)50-40-43-55(44-41-50)70(68-63-37-16-14-33-59(63)58-32-13-15-36-62(58)67(68)51-26-9-3-10-27-51)56-31-21-30-54(47-56)69(53-28-11-4-12-29-53)65-38-19-17-34-60(65)61-35-18-20-39-66(61)69/h1-47H. The van der Waals surface area contributed by atoms with Crippen LogP contribution in [0.3, 0.4) is 0 Å². The molecule has 0 heterocycles. The number of hydrogen-bond acceptors (Lipinski definition) is 1. The summed E-state index contributed by atoms with van der Waals surface area (Å²) >= 11 is 0. The molecule has 0 spiro atoms. The summed E-state index contributed by atoms with van der Waals surface area (Å²) < 4.78 is 0. The Hall–Kier alpha value is -9.04. The molecule has 0 saturated heterocycles. The van der Waals surface area contributed by atoms with Gasteiger partial charge in [-0.15, -0.1) is 0 Å². The van der Waals surface area contributed by atoms with Crippen LogP contribution in [0.15, 0.2) is 285 Å². The van der Waals surface area contributed by atoms with Crippen LogP contribution < -0.4 is 4.90 Å². The molecule has 70 heavy (non-hydrogen) atoms. The van der Waals surface area contributed by atoms with Gasteiger partial charge in [0.25, 0.3) is 0 Å². The lowest BCUT2D eigenvalue weighted by Gasteiger charge is -2.36. The van der Waals surface area contributed by atoms with Crippen LogP contribution in [-0.4, -0.2) is 0 Å². The normalized spacial score (nSPS) is 12.4. The summed E-state index contributed by atoms with van der Waals surface area (Å²) in [7, 11) is 0. The van der Waals surface area contributed by atoms with Crippen molar-refractivity contribution in [1.82, 2.24) is 0 Å². The van der Waals surface area contributed by atoms with Crippen molar-refractivity contribution < 1.29 is 0 Å². The zero-order valence-electron chi connectivity index (χ0n) is 38.6. The van der Waals surface area contributed by atoms with E-state index in [-0.39, 0.29) is 0 Å². The first-order valence-electron chi connectivity index (χ1n) is 24.3. The highest BCUT2D eigenvalue weighted by Crippen LogP contribution is 2.57. The minimum Gasteiger partial charge on any atom is -0.309 e. The predicted molar refractivity (Wildman–Crippen MR) is 295 cm³/mol. The molecular formula is C69H47N. The fourth-order valence-corrected chi connectivity index (χ4v) is 11.5. The van der Waals surface area contributed by atoms with Crippen molar-refractivity contribution in [2.45, 2.75) is 5.41 Å². The van der Waals surface area contributed by atoms with Crippen LogP contribution in [0.2, 0.25) is 0 Å². The summed E-state index contributed by atoms with van der Waals surface area (Å²) in [6.45, 7) is 0. The Labute approximate surface area is 409 Å². The lowest BCUT2D eigenvalue weighted by molar-refractivity contribution is 0.768. The van der Waals surface area contributed by atoms with Gasteiger partial charge >= 0.3 is 0 Å². The zero-order chi connectivity index (χ0) is 46.4. The van der Waals surface area contributed by atoms with Crippen molar-refractivity contribution in [3.63, 3.8) is 0 Å². The topological polar surface area (TPSA) is 3.24 Å². The zero-order valence-corrected chi connectivity index (χ0v) is 38.6. The van der Waals surface area contributed by atoms with Crippen molar-refractivity contribution in [3.05, 3.63) is 307 Å². The second-order valence-corrected chi connectivity index (χ2v) is 18.3. The average Bonchev–Trinajstić information content (AvgIpc) is 3.75. The molecule has 0 aliphatic heterocycles. The molecule has 0 unspecified atom stereocenters. The van der Waals surface area contributed by atoms with E-state index < -0.39 is 5.41 Å². The van der Waals surface area contributed by atoms with Crippen LogP contribution in [0.25, 0.3) is 77.2 Å². The third-order valence-electron chi connectivity index (χ3n) is 14.5. The number of fused-ring (bicyclic) bond motifs is 6. The lowest BCUT2D eigenvalue weighted by atomic mass is 9.67. The monoisotopic (exact) mass is 889 g/mol. The number of benzene rings is 12. The van der Waals surface area contributed by atoms with Crippen LogP contribution >= 0.6 is 0 Å². The van der Waals surface area contributed by atoms with Gasteiger partial charge in [0.2, 0.25) is 0 Å². The molecule has 0 radical (unpaired) electrons. The maximum atomic E-state index is 2.54. The highest BCUT2D eigenvalue weighted by atomic mass is 15.1. The molecule has 1 heteroatoms. The molecule has 0 atom stereocenters. The molecule has 12 aromatic rings. The quantitative estimate of drug-likeness (QED) is 0.131. The van der Waals surface area contributed by atoms with Gasteiger partial charge in [0.1, 0.15) is 0 Å². The van der Waals surface area contributed by atoms with Gasteiger partial charge in [-0.3, -0.25) is 0 Å². The van der Waals surface area contributed by atoms with Crippen LogP contribution in [0.5, 0.6) is 0 Å². The van der Waals surface area contributed by atoms with Crippen LogP contribution in [0, 0.1) is 0 Å². The van der Waals surface area contributed by atoms with E-state index in [1.54, 1.807) is 0 Å². The number of nitrogens with zero attached hydrogens (tertiary/aromatic N) is 1. The van der Waals surface area contributed by atoms with Crippen molar-refractivity contribution in [2.24, 2.45) is 0 Å². The highest BCUT2D eigenvalue weighted by molar-refractivity contribution is 6.22. The van der Waals surface area contributed by atoms with Crippen molar-refractivity contribution >= 4 is 38.6 Å². The molecule has 1 aliphatic rings. The molecule has 0 bridgehead atoms. The van der Waals surface area contributed by atoms with E-state index in [1.807, 2.05) is 0 Å². The largest absolute Gasteiger partial charge is 0.309 e. The Morgan fingerprint density at radius 1 is 0.243 bits per heavy atom. The van der Waals surface area contributed by atoms with Gasteiger partial charge in [-0.25, -0.2) is 0 Å². The lowest BCUT2D eigenvalue weighted by Crippen LogP contribution is -2.28. The molecule has 12 aromatic carbocycles. The summed E-state index contributed by atoms with van der Waals surface area (Å²) in [4.78, 5) is 2.54. The first kappa shape index (κ1) is 41.2. The summed E-state index contributed by atoms with van der Waals surface area (Å²) in [5, 5.41) is 4.85. The van der Waals surface area contributed by atoms with E-state index in [1.165, 1.54) is 93.9 Å². The number of hydrogen-bond donors (Lipinski definition) is 0. The fourth-order valence-electron chi connectivity index (χ4n) is 11.5. The molecule has 1 aliphatic carbocycles. The minimum absolute atomic E-state index is 0.564. The fraction of sp³-hybridized carbons (Fsp3) is 0.0145. The maximum absolute atomic E-state index is 2.54. The maximum Gasteiger partial charge on any atom is 0.0714 e. The molecule has 0 saturated carbocycles. The van der Waals surface area contributed by atoms with E-state index in [4.69, 9.17) is 0 Å². The van der Waals surface area contributed by atoms with E-state index in [0.717, 1.165) is 22.6 Å². The molecule has 1 nitrogen and oxygen atoms in total. The smallest absolute Gasteiger partial charge is 0.0714 e. The molecule has 0 aromatic heterocycles. The summed E-state index contributed by atoms with van der Waals surface area (Å²) in [5.41, 5.74) is 19.8. The molecule has 0 amide bonds. The Balaban J connectivity index is 1.09. The predicted octanol–water partition coefficient (Wildman–Crippen LogP) is 18.5. The van der Waals surface area contributed by atoms with Gasteiger partial charge in [-0.2, -0.15) is 0 Å². The third kappa shape index (κ3) is 6.70. The Morgan fingerprint density at radius 2 is 0.714 bits per heavy atom. The van der Waals surface area contributed by atoms with E-state index >= 15 is 0 Å². The highest BCUT2D eigenvalue weighted by Gasteiger charge is 2.46. The van der Waals surface area contributed by atoms with Crippen molar-refractivity contribution in [3.8, 4) is 55.6 Å². The van der Waals surface area contributed by atoms with Gasteiger partial charge in [-0.05, 0) is 119 Å². The summed E-state index contributed by atoms with van der Waals surface area (Å²) in [6, 6.07) is 105. The van der Waals surface area contributed by atoms with Gasteiger partial charge in [0, 0.05) is 22.3 Å². The van der Waals surface area contributed by atoms with Crippen LogP contribution in [-0.2, 0) is 5.41 Å². The second kappa shape index (κ2) is 17.2. The van der Waals surface area contributed by atoms with E-state index in [9.17, 15) is 0 Å². The SMILES string of the molecule is c1ccc(-c2ccc(-c3ccccc3)c(-c3ccc(N(c4cccc(C5(c6ccccc6)c6ccccc6-c6ccccc65)c4)c4c(-c5ccccc5)c5ccccc5c5ccccc45)cc3)c2)cc1. The Morgan fingerprint density at radius 3 is 1.36 bits per heavy atom. The molecule has 0 N–H and O–H groups in total. The van der Waals surface area contributed by atoms with E-state index in [2.05, 4.69) is 290 Å². The number of anilines is 3. The van der Waals surface area contributed by atoms with Gasteiger partial charge in [-0.1, -0.05) is 255 Å². The van der Waals surface area contributed by atoms with Gasteiger partial charge in [0.15, 0.2) is 0 Å². The Bertz CT molecular complexity index is 3810. The first-order chi connectivity index (χ1) is 34.8. The average molecular weight is 890 g/mol. The number of rotatable bonds is 9. The van der Waals surface area contributed by atoms with E-state index in [0.29, 0.717) is 0 Å². The second-order valence-electron chi connectivity index (χ2n) is 18.3.